The van der Waals surface area contributed by atoms with E-state index in [4.69, 9.17) is 4.74 Å². The molecule has 0 aromatic carbocycles. The monoisotopic (exact) mass is 384 g/mol. The van der Waals surface area contributed by atoms with Gasteiger partial charge in [0.15, 0.2) is 5.16 Å². The average molecular weight is 384 g/mol. The zero-order chi connectivity index (χ0) is 18.6. The smallest absolute Gasteiger partial charge is 0.433 e. The molecule has 0 unspecified atom stereocenters. The van der Waals surface area contributed by atoms with E-state index in [2.05, 4.69) is 19.9 Å². The van der Waals surface area contributed by atoms with Crippen molar-refractivity contribution in [1.82, 2.24) is 15.0 Å². The number of pyridine rings is 1. The van der Waals surface area contributed by atoms with Gasteiger partial charge in [0.1, 0.15) is 17.3 Å². The summed E-state index contributed by atoms with van der Waals surface area (Å²) in [4.78, 5) is 14.2. The highest BCUT2D eigenvalue weighted by Crippen LogP contribution is 2.30. The van der Waals surface area contributed by atoms with Gasteiger partial charge in [-0.25, -0.2) is 9.97 Å². The Bertz CT molecular complexity index is 736. The molecule has 0 bridgehead atoms. The van der Waals surface area contributed by atoms with Gasteiger partial charge in [0, 0.05) is 31.5 Å². The molecule has 2 aromatic rings. The van der Waals surface area contributed by atoms with Crippen LogP contribution in [0.15, 0.2) is 35.7 Å². The van der Waals surface area contributed by atoms with Gasteiger partial charge in [0.05, 0.1) is 6.61 Å². The minimum absolute atomic E-state index is 0.204. The molecule has 1 aliphatic heterocycles. The molecule has 0 radical (unpaired) electrons. The van der Waals surface area contributed by atoms with Gasteiger partial charge in [-0.3, -0.25) is 4.98 Å². The fourth-order valence-corrected chi connectivity index (χ4v) is 3.16. The van der Waals surface area contributed by atoms with E-state index in [0.29, 0.717) is 12.5 Å². The van der Waals surface area contributed by atoms with E-state index in [1.54, 1.807) is 6.20 Å². The van der Waals surface area contributed by atoms with Gasteiger partial charge in [0.2, 0.25) is 0 Å². The molecule has 3 rings (SSSR count). The van der Waals surface area contributed by atoms with Gasteiger partial charge in [0.25, 0.3) is 0 Å². The maximum atomic E-state index is 12.7. The molecule has 0 aliphatic carbocycles. The predicted molar refractivity (Wildman–Crippen MR) is 93.5 cm³/mol. The molecule has 140 valence electrons. The summed E-state index contributed by atoms with van der Waals surface area (Å²) in [5, 5.41) is 0.742. The summed E-state index contributed by atoms with van der Waals surface area (Å²) in [6.45, 7) is 2.07. The maximum absolute atomic E-state index is 12.7. The number of ether oxygens (including phenoxy) is 1. The van der Waals surface area contributed by atoms with Crippen LogP contribution in [-0.2, 0) is 6.18 Å². The van der Waals surface area contributed by atoms with Crippen molar-refractivity contribution < 1.29 is 17.9 Å². The van der Waals surface area contributed by atoms with E-state index in [1.165, 1.54) is 17.8 Å². The number of nitrogens with zero attached hydrogens (tertiary/aromatic N) is 4. The highest BCUT2D eigenvalue weighted by atomic mass is 32.2. The number of piperidine rings is 1. The van der Waals surface area contributed by atoms with E-state index in [9.17, 15) is 13.2 Å². The van der Waals surface area contributed by atoms with Crippen LogP contribution in [0, 0.1) is 5.92 Å². The highest BCUT2D eigenvalue weighted by Gasteiger charge is 2.32. The van der Waals surface area contributed by atoms with Crippen molar-refractivity contribution in [2.24, 2.45) is 5.92 Å². The summed E-state index contributed by atoms with van der Waals surface area (Å²) in [6, 6.07) is 4.29. The van der Waals surface area contributed by atoms with Crippen molar-refractivity contribution in [2.75, 3.05) is 30.9 Å². The van der Waals surface area contributed by atoms with Crippen LogP contribution in [0.2, 0.25) is 0 Å². The Labute approximate surface area is 154 Å². The molecule has 9 heteroatoms. The van der Waals surface area contributed by atoms with Crippen LogP contribution in [0.4, 0.5) is 19.0 Å². The number of rotatable bonds is 5. The number of halogens is 3. The van der Waals surface area contributed by atoms with Gasteiger partial charge in [-0.1, -0.05) is 11.8 Å². The molecule has 26 heavy (non-hydrogen) atoms. The molecule has 0 amide bonds. The molecule has 1 saturated heterocycles. The fraction of sp³-hybridized carbons (Fsp3) is 0.471. The van der Waals surface area contributed by atoms with Crippen LogP contribution in [0.1, 0.15) is 18.5 Å². The first kappa shape index (κ1) is 18.8. The molecule has 0 saturated carbocycles. The topological polar surface area (TPSA) is 51.1 Å². The first-order valence-corrected chi connectivity index (χ1v) is 9.46. The van der Waals surface area contributed by atoms with E-state index in [1.807, 2.05) is 12.3 Å². The Kier molecular flexibility index (Phi) is 5.85. The number of alkyl halides is 3. The third-order valence-electron chi connectivity index (χ3n) is 4.25. The molecule has 2 aromatic heterocycles. The quantitative estimate of drug-likeness (QED) is 0.576. The van der Waals surface area contributed by atoms with Crippen LogP contribution in [0.25, 0.3) is 0 Å². The van der Waals surface area contributed by atoms with Crippen LogP contribution in [0.5, 0.6) is 5.75 Å². The number of hydrogen-bond donors (Lipinski definition) is 0. The summed E-state index contributed by atoms with van der Waals surface area (Å²) in [5.41, 5.74) is -0.932. The maximum Gasteiger partial charge on any atom is 0.433 e. The van der Waals surface area contributed by atoms with Gasteiger partial charge in [-0.2, -0.15) is 13.2 Å². The summed E-state index contributed by atoms with van der Waals surface area (Å²) < 4.78 is 43.6. The Hall–Kier alpha value is -2.03. The molecule has 0 atom stereocenters. The first-order valence-electron chi connectivity index (χ1n) is 8.24. The molecular formula is C17H19F3N4OS. The van der Waals surface area contributed by atoms with Crippen LogP contribution < -0.4 is 9.64 Å². The predicted octanol–water partition coefficient (Wildman–Crippen LogP) is 3.91. The zero-order valence-electron chi connectivity index (χ0n) is 14.2. The lowest BCUT2D eigenvalue weighted by Gasteiger charge is -2.32. The Morgan fingerprint density at radius 3 is 2.62 bits per heavy atom. The molecule has 0 spiro atoms. The lowest BCUT2D eigenvalue weighted by atomic mass is 9.98. The molecule has 3 heterocycles. The summed E-state index contributed by atoms with van der Waals surface area (Å²) >= 11 is 1.50. The Morgan fingerprint density at radius 1 is 1.19 bits per heavy atom. The minimum atomic E-state index is -4.46. The molecular weight excluding hydrogens is 365 g/mol. The van der Waals surface area contributed by atoms with Crippen molar-refractivity contribution in [3.63, 3.8) is 0 Å². The lowest BCUT2D eigenvalue weighted by molar-refractivity contribution is -0.141. The Morgan fingerprint density at radius 2 is 1.92 bits per heavy atom. The van der Waals surface area contributed by atoms with Crippen molar-refractivity contribution >= 4 is 17.6 Å². The second kappa shape index (κ2) is 8.11. The average Bonchev–Trinajstić information content (AvgIpc) is 2.66. The van der Waals surface area contributed by atoms with Gasteiger partial charge >= 0.3 is 6.18 Å². The van der Waals surface area contributed by atoms with E-state index >= 15 is 0 Å². The number of anilines is 1. The van der Waals surface area contributed by atoms with Gasteiger partial charge in [-0.15, -0.1) is 0 Å². The number of thioether (sulfide) groups is 1. The third-order valence-corrected chi connectivity index (χ3v) is 4.81. The standard InChI is InChI=1S/C17H19F3N4OS/c1-26-16-22-7-3-15(23-16)24-8-4-12(5-9-24)11-25-13-2-6-21-14(10-13)17(18,19)20/h2-3,6-7,10,12H,4-5,8-9,11H2,1H3. The second-order valence-electron chi connectivity index (χ2n) is 6.02. The summed E-state index contributed by atoms with van der Waals surface area (Å²) in [6.07, 6.45) is 2.15. The van der Waals surface area contributed by atoms with Crippen LogP contribution in [0.3, 0.4) is 0 Å². The van der Waals surface area contributed by atoms with Crippen LogP contribution in [-0.4, -0.2) is 40.9 Å². The third kappa shape index (κ3) is 4.78. The highest BCUT2D eigenvalue weighted by molar-refractivity contribution is 7.98. The van der Waals surface area contributed by atoms with E-state index in [0.717, 1.165) is 49.2 Å². The normalized spacial score (nSPS) is 15.9. The molecule has 5 nitrogen and oxygen atoms in total. The zero-order valence-corrected chi connectivity index (χ0v) is 15.1. The van der Waals surface area contributed by atoms with E-state index < -0.39 is 11.9 Å². The number of aromatic nitrogens is 3. The second-order valence-corrected chi connectivity index (χ2v) is 6.79. The van der Waals surface area contributed by atoms with Crippen molar-refractivity contribution in [3.05, 3.63) is 36.3 Å². The summed E-state index contributed by atoms with van der Waals surface area (Å²) in [7, 11) is 0. The minimum Gasteiger partial charge on any atom is -0.493 e. The SMILES string of the molecule is CSc1nccc(N2CCC(COc3ccnc(C(F)(F)F)c3)CC2)n1. The molecule has 0 N–H and O–H groups in total. The van der Waals surface area contributed by atoms with Gasteiger partial charge < -0.3 is 9.64 Å². The fourth-order valence-electron chi connectivity index (χ4n) is 2.81. The van der Waals surface area contributed by atoms with Gasteiger partial charge in [-0.05, 0) is 37.1 Å². The Balaban J connectivity index is 1.51. The van der Waals surface area contributed by atoms with Crippen LogP contribution >= 0.6 is 11.8 Å². The van der Waals surface area contributed by atoms with Crippen molar-refractivity contribution in [1.29, 1.82) is 0 Å². The first-order chi connectivity index (χ1) is 12.5. The largest absolute Gasteiger partial charge is 0.493 e. The van der Waals surface area contributed by atoms with Crippen molar-refractivity contribution in [3.8, 4) is 5.75 Å². The lowest BCUT2D eigenvalue weighted by Crippen LogP contribution is -2.36. The van der Waals surface area contributed by atoms with Crippen molar-refractivity contribution in [2.45, 2.75) is 24.2 Å². The molecule has 1 fully saturated rings. The summed E-state index contributed by atoms with van der Waals surface area (Å²) in [5.74, 6) is 1.42. The molecule has 1 aliphatic rings. The van der Waals surface area contributed by atoms with E-state index in [-0.39, 0.29) is 5.75 Å². The number of hydrogen-bond acceptors (Lipinski definition) is 6.